The summed E-state index contributed by atoms with van der Waals surface area (Å²) in [6.07, 6.45) is 5.15. The van der Waals surface area contributed by atoms with Gasteiger partial charge in [0, 0.05) is 12.8 Å². The van der Waals surface area contributed by atoms with E-state index < -0.39 is 0 Å². The highest BCUT2D eigenvalue weighted by Gasteiger charge is 2.16. The molecule has 1 aromatic rings. The summed E-state index contributed by atoms with van der Waals surface area (Å²) < 4.78 is 5.17. The minimum absolute atomic E-state index is 0.661. The predicted octanol–water partition coefficient (Wildman–Crippen LogP) is 0.503. The number of piperidine rings is 1. The maximum Gasteiger partial charge on any atom is 0.226 e. The van der Waals surface area contributed by atoms with Crippen molar-refractivity contribution in [3.63, 3.8) is 0 Å². The van der Waals surface area contributed by atoms with Crippen LogP contribution in [-0.4, -0.2) is 29.8 Å². The number of hydrogen-bond acceptors (Lipinski definition) is 5. The Labute approximate surface area is 95.8 Å². The smallest absolute Gasteiger partial charge is 0.226 e. The fourth-order valence-electron chi connectivity index (χ4n) is 2.08. The zero-order chi connectivity index (χ0) is 11.2. The van der Waals surface area contributed by atoms with E-state index in [-0.39, 0.29) is 0 Å². The molecular weight excluding hydrogens is 204 g/mol. The van der Waals surface area contributed by atoms with Crippen LogP contribution in [0.25, 0.3) is 0 Å². The molecule has 0 saturated carbocycles. The normalized spacial score (nSPS) is 21.2. The molecule has 0 spiro atoms. The monoisotopic (exact) mass is 224 g/mol. The lowest BCUT2D eigenvalue weighted by atomic mass is 9.96. The number of nitrogens with one attached hydrogen (secondary N) is 1. The SMILES string of the molecule is NCCCc1nc(CC2CCCNC2)no1. The van der Waals surface area contributed by atoms with E-state index in [1.165, 1.54) is 12.8 Å². The number of rotatable bonds is 5. The van der Waals surface area contributed by atoms with Gasteiger partial charge in [0.05, 0.1) is 0 Å². The van der Waals surface area contributed by atoms with Crippen molar-refractivity contribution in [3.05, 3.63) is 11.7 Å². The summed E-state index contributed by atoms with van der Waals surface area (Å²) in [7, 11) is 0. The first-order chi connectivity index (χ1) is 7.88. The molecule has 0 aromatic carbocycles. The van der Waals surface area contributed by atoms with E-state index in [1.54, 1.807) is 0 Å². The van der Waals surface area contributed by atoms with Gasteiger partial charge in [0.1, 0.15) is 0 Å². The first-order valence-electron chi connectivity index (χ1n) is 6.10. The first-order valence-corrected chi connectivity index (χ1v) is 6.10. The molecule has 1 saturated heterocycles. The summed E-state index contributed by atoms with van der Waals surface area (Å²) >= 11 is 0. The maximum absolute atomic E-state index is 5.43. The van der Waals surface area contributed by atoms with Gasteiger partial charge in [0.15, 0.2) is 5.82 Å². The van der Waals surface area contributed by atoms with Gasteiger partial charge in [-0.3, -0.25) is 0 Å². The molecule has 0 radical (unpaired) electrons. The standard InChI is InChI=1S/C11H20N4O/c12-5-1-4-11-14-10(15-16-11)7-9-3-2-6-13-8-9/h9,13H,1-8,12H2. The van der Waals surface area contributed by atoms with Gasteiger partial charge in [-0.2, -0.15) is 4.98 Å². The lowest BCUT2D eigenvalue weighted by molar-refractivity contribution is 0.348. The van der Waals surface area contributed by atoms with E-state index in [4.69, 9.17) is 10.3 Å². The quantitative estimate of drug-likeness (QED) is 0.761. The molecule has 5 nitrogen and oxygen atoms in total. The molecule has 1 unspecified atom stereocenters. The molecule has 3 N–H and O–H groups in total. The summed E-state index contributed by atoms with van der Waals surface area (Å²) in [6.45, 7) is 2.89. The van der Waals surface area contributed by atoms with Crippen molar-refractivity contribution in [1.29, 1.82) is 0 Å². The molecule has 0 amide bonds. The largest absolute Gasteiger partial charge is 0.339 e. The van der Waals surface area contributed by atoms with Crippen molar-refractivity contribution < 1.29 is 4.52 Å². The van der Waals surface area contributed by atoms with E-state index in [0.29, 0.717) is 12.5 Å². The van der Waals surface area contributed by atoms with E-state index >= 15 is 0 Å². The second-order valence-electron chi connectivity index (χ2n) is 4.41. The topological polar surface area (TPSA) is 77.0 Å². The lowest BCUT2D eigenvalue weighted by Gasteiger charge is -2.20. The van der Waals surface area contributed by atoms with Crippen molar-refractivity contribution in [2.45, 2.75) is 32.1 Å². The van der Waals surface area contributed by atoms with Gasteiger partial charge in [0.2, 0.25) is 5.89 Å². The highest BCUT2D eigenvalue weighted by Crippen LogP contribution is 2.14. The summed E-state index contributed by atoms with van der Waals surface area (Å²) in [5, 5.41) is 7.40. The van der Waals surface area contributed by atoms with Crippen LogP contribution in [0.5, 0.6) is 0 Å². The Hall–Kier alpha value is -0.940. The van der Waals surface area contributed by atoms with Crippen LogP contribution in [-0.2, 0) is 12.8 Å². The Kier molecular flexibility index (Phi) is 4.30. The molecule has 1 aliphatic heterocycles. The van der Waals surface area contributed by atoms with Gasteiger partial charge < -0.3 is 15.6 Å². The number of nitrogens with zero attached hydrogens (tertiary/aromatic N) is 2. The maximum atomic E-state index is 5.43. The van der Waals surface area contributed by atoms with Crippen LogP contribution < -0.4 is 11.1 Å². The van der Waals surface area contributed by atoms with Crippen molar-refractivity contribution in [2.24, 2.45) is 11.7 Å². The molecular formula is C11H20N4O. The molecule has 1 fully saturated rings. The van der Waals surface area contributed by atoms with Crippen LogP contribution in [0.15, 0.2) is 4.52 Å². The average Bonchev–Trinajstić information content (AvgIpc) is 2.75. The Balaban J connectivity index is 1.81. The van der Waals surface area contributed by atoms with Gasteiger partial charge in [-0.1, -0.05) is 5.16 Å². The zero-order valence-corrected chi connectivity index (χ0v) is 9.61. The van der Waals surface area contributed by atoms with Gasteiger partial charge in [-0.05, 0) is 44.8 Å². The molecule has 0 aliphatic carbocycles. The molecule has 90 valence electrons. The zero-order valence-electron chi connectivity index (χ0n) is 9.61. The van der Waals surface area contributed by atoms with Crippen LogP contribution >= 0.6 is 0 Å². The van der Waals surface area contributed by atoms with Gasteiger partial charge in [0.25, 0.3) is 0 Å². The van der Waals surface area contributed by atoms with E-state index in [2.05, 4.69) is 15.5 Å². The summed E-state index contributed by atoms with van der Waals surface area (Å²) in [5.41, 5.74) is 5.43. The van der Waals surface area contributed by atoms with Crippen LogP contribution in [0.4, 0.5) is 0 Å². The average molecular weight is 224 g/mol. The van der Waals surface area contributed by atoms with Crippen LogP contribution in [0.3, 0.4) is 0 Å². The minimum atomic E-state index is 0.661. The third-order valence-corrected chi connectivity index (χ3v) is 2.98. The second-order valence-corrected chi connectivity index (χ2v) is 4.41. The Bertz CT molecular complexity index is 307. The fourth-order valence-corrected chi connectivity index (χ4v) is 2.08. The number of nitrogens with two attached hydrogens (primary N) is 1. The first kappa shape index (κ1) is 11.5. The summed E-state index contributed by atoms with van der Waals surface area (Å²) in [4.78, 5) is 4.38. The van der Waals surface area contributed by atoms with Gasteiger partial charge in [-0.15, -0.1) is 0 Å². The van der Waals surface area contributed by atoms with Crippen LogP contribution in [0, 0.1) is 5.92 Å². The molecule has 1 aliphatic rings. The molecule has 2 rings (SSSR count). The second kappa shape index (κ2) is 5.96. The van der Waals surface area contributed by atoms with Gasteiger partial charge >= 0.3 is 0 Å². The number of aromatic nitrogens is 2. The number of aryl methyl sites for hydroxylation is 1. The lowest BCUT2D eigenvalue weighted by Crippen LogP contribution is -2.31. The van der Waals surface area contributed by atoms with Crippen molar-refractivity contribution >= 4 is 0 Å². The molecule has 0 bridgehead atoms. The highest BCUT2D eigenvalue weighted by molar-refractivity contribution is 4.90. The molecule has 1 atom stereocenters. The van der Waals surface area contributed by atoms with E-state index in [1.807, 2.05) is 0 Å². The van der Waals surface area contributed by atoms with E-state index in [9.17, 15) is 0 Å². The Morgan fingerprint density at radius 2 is 2.44 bits per heavy atom. The van der Waals surface area contributed by atoms with Crippen LogP contribution in [0.1, 0.15) is 31.0 Å². The van der Waals surface area contributed by atoms with Crippen molar-refractivity contribution in [1.82, 2.24) is 15.5 Å². The highest BCUT2D eigenvalue weighted by atomic mass is 16.5. The molecule has 16 heavy (non-hydrogen) atoms. The number of hydrogen-bond donors (Lipinski definition) is 2. The summed E-state index contributed by atoms with van der Waals surface area (Å²) in [6, 6.07) is 0. The van der Waals surface area contributed by atoms with Crippen molar-refractivity contribution in [2.75, 3.05) is 19.6 Å². The molecule has 1 aromatic heterocycles. The van der Waals surface area contributed by atoms with Gasteiger partial charge in [-0.25, -0.2) is 0 Å². The third kappa shape index (κ3) is 3.28. The molecule has 2 heterocycles. The van der Waals surface area contributed by atoms with Crippen molar-refractivity contribution in [3.8, 4) is 0 Å². The third-order valence-electron chi connectivity index (χ3n) is 2.98. The summed E-state index contributed by atoms with van der Waals surface area (Å²) in [5.74, 6) is 2.23. The Morgan fingerprint density at radius 3 is 3.19 bits per heavy atom. The predicted molar refractivity (Wildman–Crippen MR) is 61.0 cm³/mol. The minimum Gasteiger partial charge on any atom is -0.339 e. The Morgan fingerprint density at radius 1 is 1.50 bits per heavy atom. The van der Waals surface area contributed by atoms with E-state index in [0.717, 1.165) is 44.1 Å². The molecule has 5 heteroatoms. The fraction of sp³-hybridized carbons (Fsp3) is 0.818. The van der Waals surface area contributed by atoms with Crippen LogP contribution in [0.2, 0.25) is 0 Å².